The molecule has 13 aromatic rings. The van der Waals surface area contributed by atoms with E-state index >= 15 is 0 Å². The number of aliphatic imine (C=N–C) groups is 5. The summed E-state index contributed by atoms with van der Waals surface area (Å²) in [6, 6.07) is 87.7. The molecule has 81 heavy (non-hydrogen) atoms. The van der Waals surface area contributed by atoms with Crippen molar-refractivity contribution in [3.8, 4) is 44.5 Å². The minimum atomic E-state index is -2.55. The molecular weight excluding hydrogens is 1090 g/mol. The summed E-state index contributed by atoms with van der Waals surface area (Å²) in [6.07, 6.45) is -0.411. The van der Waals surface area contributed by atoms with Crippen molar-refractivity contribution >= 4 is 118 Å². The van der Waals surface area contributed by atoms with Crippen LogP contribution in [0, 0.1) is 0 Å². The third-order valence-corrected chi connectivity index (χ3v) is 21.3. The topological polar surface area (TPSA) is 82.0 Å². The van der Waals surface area contributed by atoms with Crippen LogP contribution in [0.4, 0.5) is 11.6 Å². The van der Waals surface area contributed by atoms with Crippen molar-refractivity contribution in [2.75, 3.05) is 0 Å². The molecule has 0 fully saturated rings. The standard InChI is InChI=1S/C72H42N8.In/c1-5-21-41(22-6-1)57-49-33-17-13-29-45(49)37-53-61(57)69-73-65(53)78-70-63-55(39-47-31-15-19-35-51(47)59(63)43-25-9-3-10-26-43)67(75-70)80-72-64-56(40-48-32-16-20-36-52(48)60(64)44-27-11-4-12-28-44)68(76-72)79-71-62-54(66(74-71)77-69)38-46-30-14-18-34-50(46)58(62)42-23-7-2-8-24-42;/h1-40,65H,(H-,73,74,75,77,78,79,80);/q-2;+2. The van der Waals surface area contributed by atoms with Crippen LogP contribution < -0.4 is 5.32 Å². The van der Waals surface area contributed by atoms with Gasteiger partial charge in [0, 0.05) is 0 Å². The predicted octanol–water partition coefficient (Wildman–Crippen LogP) is 16.4. The van der Waals surface area contributed by atoms with Crippen LogP contribution in [-0.2, 0) is 0 Å². The van der Waals surface area contributed by atoms with E-state index in [2.05, 4.69) is 253 Å². The molecule has 1 N–H and O–H groups in total. The maximum absolute atomic E-state index is 6.06. The SMILES string of the molecule is c1ccc(-c2c3c(cc4ccccc24)/C2=N/c4c5c(-c6ccccc6)c6ccccc6cc5c5[n]4[In][N]4C(=NC6=N/C(=N\5)c5c6cc6ccccc6c5-c5ccccc5)c5c(cc6ccccc6c5-c5ccccc5)C4NC3=N2)cc1. The second-order valence-electron chi connectivity index (χ2n) is 21.4. The Morgan fingerprint density at radius 2 is 0.765 bits per heavy atom. The molecule has 8 nitrogen and oxygen atoms in total. The van der Waals surface area contributed by atoms with Gasteiger partial charge in [0.1, 0.15) is 0 Å². The second-order valence-corrected chi connectivity index (χ2v) is 25.1. The quantitative estimate of drug-likeness (QED) is 0.190. The van der Waals surface area contributed by atoms with E-state index in [1.165, 1.54) is 0 Å². The average molecular weight is 1130 g/mol. The van der Waals surface area contributed by atoms with Crippen LogP contribution in [0.1, 0.15) is 39.5 Å². The number of aromatic nitrogens is 1. The van der Waals surface area contributed by atoms with Gasteiger partial charge in [-0.2, -0.15) is 0 Å². The molecule has 1 radical (unpaired) electrons. The van der Waals surface area contributed by atoms with Crippen molar-refractivity contribution in [3.63, 3.8) is 0 Å². The summed E-state index contributed by atoms with van der Waals surface area (Å²) in [4.78, 5) is 29.6. The Bertz CT molecular complexity index is 5100. The molecule has 6 heterocycles. The molecule has 0 amide bonds. The van der Waals surface area contributed by atoms with Crippen molar-refractivity contribution in [1.82, 2.24) is 10.8 Å². The fraction of sp³-hybridized carbons (Fsp3) is 0.0139. The van der Waals surface area contributed by atoms with E-state index in [1.807, 2.05) is 0 Å². The first-order valence-electron chi connectivity index (χ1n) is 27.5. The van der Waals surface area contributed by atoms with Crippen LogP contribution in [-0.4, -0.2) is 58.1 Å². The number of hydrogen-bond donors (Lipinski definition) is 1. The van der Waals surface area contributed by atoms with Gasteiger partial charge in [-0.15, -0.1) is 0 Å². The number of hydrogen-bond acceptors (Lipinski definition) is 7. The molecule has 5 aliphatic heterocycles. The van der Waals surface area contributed by atoms with E-state index in [1.54, 1.807) is 0 Å². The number of amidine groups is 5. The molecule has 18 rings (SSSR count). The van der Waals surface area contributed by atoms with Crippen molar-refractivity contribution in [2.24, 2.45) is 25.0 Å². The van der Waals surface area contributed by atoms with Gasteiger partial charge in [-0.3, -0.25) is 0 Å². The summed E-state index contributed by atoms with van der Waals surface area (Å²) in [5.41, 5.74) is 15.0. The van der Waals surface area contributed by atoms with Crippen LogP contribution in [0.2, 0.25) is 0 Å². The molecule has 0 spiro atoms. The zero-order valence-corrected chi connectivity index (χ0v) is 46.7. The van der Waals surface area contributed by atoms with Gasteiger partial charge >= 0.3 is 481 Å². The number of rotatable bonds is 4. The zero-order valence-electron chi connectivity index (χ0n) is 43.4. The van der Waals surface area contributed by atoms with E-state index in [0.717, 1.165) is 155 Å². The first-order chi connectivity index (χ1) is 40.2. The minimum absolute atomic E-state index is 0.411. The van der Waals surface area contributed by atoms with Gasteiger partial charge in [0.2, 0.25) is 0 Å². The molecule has 5 aliphatic rings. The van der Waals surface area contributed by atoms with Crippen molar-refractivity contribution in [1.29, 1.82) is 0 Å². The van der Waals surface area contributed by atoms with Crippen LogP contribution in [0.5, 0.6) is 0 Å². The predicted molar refractivity (Wildman–Crippen MR) is 334 cm³/mol. The Kier molecular flexibility index (Phi) is 9.59. The van der Waals surface area contributed by atoms with Gasteiger partial charge in [0.25, 0.3) is 0 Å². The van der Waals surface area contributed by atoms with Gasteiger partial charge in [-0.05, 0) is 0 Å². The summed E-state index contributed by atoms with van der Waals surface area (Å²) < 4.78 is 5.16. The first-order valence-corrected chi connectivity index (χ1v) is 30.5. The van der Waals surface area contributed by atoms with E-state index in [9.17, 15) is 0 Å². The van der Waals surface area contributed by atoms with Crippen molar-refractivity contribution in [3.05, 3.63) is 276 Å². The first kappa shape index (κ1) is 45.0. The number of nitrogens with one attached hydrogen (secondary N) is 1. The molecule has 1 aromatic heterocycles. The Labute approximate surface area is 477 Å². The van der Waals surface area contributed by atoms with Crippen molar-refractivity contribution < 1.29 is 0 Å². The third kappa shape index (κ3) is 6.58. The third-order valence-electron chi connectivity index (χ3n) is 17.0. The maximum atomic E-state index is 6.06. The van der Waals surface area contributed by atoms with Gasteiger partial charge in [0.15, 0.2) is 0 Å². The van der Waals surface area contributed by atoms with Gasteiger partial charge in [0.05, 0.1) is 0 Å². The molecule has 0 saturated heterocycles. The molecular formula is C72H42InN8. The molecule has 9 heteroatoms. The Balaban J connectivity index is 1.06. The summed E-state index contributed by atoms with van der Waals surface area (Å²) in [7, 11) is 0. The average Bonchev–Trinajstić information content (AvgIpc) is 3.37. The molecule has 0 aliphatic carbocycles. The van der Waals surface area contributed by atoms with E-state index < -0.39 is 29.6 Å². The van der Waals surface area contributed by atoms with E-state index in [4.69, 9.17) is 25.0 Å². The van der Waals surface area contributed by atoms with Crippen LogP contribution in [0.15, 0.2) is 268 Å². The Hall–Kier alpha value is -9.96. The molecule has 373 valence electrons. The van der Waals surface area contributed by atoms with Crippen LogP contribution >= 0.6 is 0 Å². The second kappa shape index (κ2) is 17.3. The fourth-order valence-corrected chi connectivity index (χ4v) is 17.9. The molecule has 6 bridgehead atoms. The van der Waals surface area contributed by atoms with E-state index in [-0.39, 0.29) is 0 Å². The number of benzene rings is 12. The summed E-state index contributed by atoms with van der Waals surface area (Å²) in [6.45, 7) is 0. The summed E-state index contributed by atoms with van der Waals surface area (Å²) in [5, 5.41) is 15.4. The van der Waals surface area contributed by atoms with Gasteiger partial charge in [-0.25, -0.2) is 0 Å². The monoisotopic (exact) mass is 1130 g/mol. The van der Waals surface area contributed by atoms with Gasteiger partial charge in [-0.1, -0.05) is 0 Å². The summed E-state index contributed by atoms with van der Waals surface area (Å²) in [5.74, 6) is 5.26. The normalized spacial score (nSPS) is 16.6. The Morgan fingerprint density at radius 1 is 0.333 bits per heavy atom. The molecule has 1 atom stereocenters. The van der Waals surface area contributed by atoms with Crippen molar-refractivity contribution in [2.45, 2.75) is 6.17 Å². The van der Waals surface area contributed by atoms with Gasteiger partial charge < -0.3 is 0 Å². The molecule has 1 unspecified atom stereocenters. The molecule has 0 saturated carbocycles. The summed E-state index contributed by atoms with van der Waals surface area (Å²) >= 11 is -2.55. The molecule has 12 aromatic carbocycles. The number of fused-ring (bicyclic) bond motifs is 18. The van der Waals surface area contributed by atoms with Crippen LogP contribution in [0.25, 0.3) is 98.4 Å². The zero-order chi connectivity index (χ0) is 52.9. The number of nitrogens with zero attached hydrogens (tertiary/aromatic N) is 7. The Morgan fingerprint density at radius 3 is 1.33 bits per heavy atom. The van der Waals surface area contributed by atoms with E-state index in [0.29, 0.717) is 17.5 Å². The fourth-order valence-electron chi connectivity index (χ4n) is 13.5. The van der Waals surface area contributed by atoms with Crippen LogP contribution in [0.3, 0.4) is 0 Å².